The van der Waals surface area contributed by atoms with Gasteiger partial charge in [-0.25, -0.2) is 13.2 Å². The van der Waals surface area contributed by atoms with Crippen LogP contribution in [0.3, 0.4) is 0 Å². The van der Waals surface area contributed by atoms with Gasteiger partial charge in [-0.15, -0.1) is 0 Å². The normalized spacial score (nSPS) is 12.2. The fraction of sp³-hybridized carbons (Fsp3) is 0.200. The van der Waals surface area contributed by atoms with E-state index in [4.69, 9.17) is 0 Å². The second-order valence-corrected chi connectivity index (χ2v) is 4.47. The molecule has 0 saturated carbocycles. The molecule has 0 saturated heterocycles. The van der Waals surface area contributed by atoms with Gasteiger partial charge >= 0.3 is 0 Å². The summed E-state index contributed by atoms with van der Waals surface area (Å²) >= 11 is 0. The first-order valence-electron chi connectivity index (χ1n) is 6.11. The monoisotopic (exact) mass is 281 g/mol. The van der Waals surface area contributed by atoms with Gasteiger partial charge in [0.05, 0.1) is 6.10 Å². The summed E-state index contributed by atoms with van der Waals surface area (Å²) in [6.07, 6.45) is -1.20. The van der Waals surface area contributed by atoms with Crippen molar-refractivity contribution in [3.8, 4) is 0 Å². The average Bonchev–Trinajstić information content (AvgIpc) is 2.43. The minimum atomic E-state index is -1.20. The van der Waals surface area contributed by atoms with Crippen molar-refractivity contribution in [1.29, 1.82) is 0 Å². The summed E-state index contributed by atoms with van der Waals surface area (Å²) in [5, 5.41) is 12.3. The number of hydrogen-bond donors (Lipinski definition) is 2. The van der Waals surface area contributed by atoms with Crippen LogP contribution in [0.4, 0.5) is 18.9 Å². The van der Waals surface area contributed by atoms with Crippen molar-refractivity contribution in [2.45, 2.75) is 13.0 Å². The Morgan fingerprint density at radius 2 is 1.75 bits per heavy atom. The molecule has 0 radical (unpaired) electrons. The first-order valence-corrected chi connectivity index (χ1v) is 6.11. The van der Waals surface area contributed by atoms with E-state index in [-0.39, 0.29) is 23.4 Å². The second-order valence-electron chi connectivity index (χ2n) is 4.47. The Kier molecular flexibility index (Phi) is 4.29. The van der Waals surface area contributed by atoms with E-state index in [1.54, 1.807) is 6.07 Å². The van der Waals surface area contributed by atoms with Gasteiger partial charge in [-0.2, -0.15) is 0 Å². The Hall–Kier alpha value is -2.01. The molecule has 0 aromatic heterocycles. The van der Waals surface area contributed by atoms with E-state index in [1.807, 2.05) is 0 Å². The maximum absolute atomic E-state index is 13.7. The van der Waals surface area contributed by atoms with Crippen LogP contribution in [0.2, 0.25) is 0 Å². The van der Waals surface area contributed by atoms with Crippen LogP contribution in [0.25, 0.3) is 0 Å². The van der Waals surface area contributed by atoms with E-state index in [1.165, 1.54) is 31.2 Å². The van der Waals surface area contributed by atoms with E-state index < -0.39 is 23.6 Å². The molecule has 1 atom stereocenters. The van der Waals surface area contributed by atoms with Crippen molar-refractivity contribution in [1.82, 2.24) is 0 Å². The van der Waals surface area contributed by atoms with Crippen molar-refractivity contribution < 1.29 is 18.3 Å². The molecule has 2 rings (SSSR count). The van der Waals surface area contributed by atoms with Crippen LogP contribution in [0.1, 0.15) is 17.2 Å². The maximum atomic E-state index is 13.7. The zero-order chi connectivity index (χ0) is 14.7. The Balaban J connectivity index is 2.14. The van der Waals surface area contributed by atoms with E-state index in [0.29, 0.717) is 0 Å². The highest BCUT2D eigenvalue weighted by Crippen LogP contribution is 2.23. The lowest BCUT2D eigenvalue weighted by molar-refractivity contribution is 0.186. The third-order valence-corrected chi connectivity index (χ3v) is 3.02. The van der Waals surface area contributed by atoms with Crippen molar-refractivity contribution >= 4 is 5.69 Å². The van der Waals surface area contributed by atoms with E-state index in [2.05, 4.69) is 5.32 Å². The van der Waals surface area contributed by atoms with Gasteiger partial charge in [0.25, 0.3) is 0 Å². The zero-order valence-corrected chi connectivity index (χ0v) is 10.8. The molecule has 0 aliphatic carbocycles. The van der Waals surface area contributed by atoms with Crippen LogP contribution < -0.4 is 5.32 Å². The Morgan fingerprint density at radius 1 is 1.05 bits per heavy atom. The lowest BCUT2D eigenvalue weighted by atomic mass is 10.1. The highest BCUT2D eigenvalue weighted by atomic mass is 19.1. The molecule has 106 valence electrons. The second kappa shape index (κ2) is 5.96. The minimum absolute atomic E-state index is 0.0773. The van der Waals surface area contributed by atoms with Crippen molar-refractivity contribution in [3.05, 3.63) is 65.0 Å². The average molecular weight is 281 g/mol. The van der Waals surface area contributed by atoms with Crippen LogP contribution in [0, 0.1) is 24.4 Å². The topological polar surface area (TPSA) is 32.3 Å². The summed E-state index contributed by atoms with van der Waals surface area (Å²) in [6, 6.07) is 8.17. The summed E-state index contributed by atoms with van der Waals surface area (Å²) in [5.41, 5.74) is 0.0446. The predicted molar refractivity (Wildman–Crippen MR) is 70.9 cm³/mol. The molecule has 2 N–H and O–H groups in total. The van der Waals surface area contributed by atoms with Crippen molar-refractivity contribution in [2.24, 2.45) is 0 Å². The standard InChI is InChI=1S/C15H14F3NO/c1-9-6-7-12(17)15(14(9)18)19-8-13(20)10-4-2-3-5-11(10)16/h2-7,13,19-20H,8H2,1H3. The molecule has 0 aliphatic rings. The molecule has 0 spiro atoms. The van der Waals surface area contributed by atoms with Crippen LogP contribution in [-0.4, -0.2) is 11.7 Å². The van der Waals surface area contributed by atoms with Crippen molar-refractivity contribution in [2.75, 3.05) is 11.9 Å². The number of halogens is 3. The molecule has 0 heterocycles. The predicted octanol–water partition coefficient (Wildman–Crippen LogP) is 3.56. The Bertz CT molecular complexity index is 616. The summed E-state index contributed by atoms with van der Waals surface area (Å²) in [6.45, 7) is 1.31. The third kappa shape index (κ3) is 2.93. The van der Waals surface area contributed by atoms with Crippen LogP contribution in [-0.2, 0) is 0 Å². The highest BCUT2D eigenvalue weighted by molar-refractivity contribution is 5.49. The van der Waals surface area contributed by atoms with Crippen LogP contribution in [0.15, 0.2) is 36.4 Å². The zero-order valence-electron chi connectivity index (χ0n) is 10.8. The van der Waals surface area contributed by atoms with E-state index in [0.717, 1.165) is 6.07 Å². The summed E-state index contributed by atoms with van der Waals surface area (Å²) in [4.78, 5) is 0. The first-order chi connectivity index (χ1) is 9.50. The summed E-state index contributed by atoms with van der Waals surface area (Å²) < 4.78 is 40.7. The van der Waals surface area contributed by atoms with Crippen LogP contribution >= 0.6 is 0 Å². The van der Waals surface area contributed by atoms with Gasteiger partial charge in [0.15, 0.2) is 5.82 Å². The van der Waals surface area contributed by atoms with Gasteiger partial charge in [0.1, 0.15) is 17.3 Å². The number of nitrogens with one attached hydrogen (secondary N) is 1. The Morgan fingerprint density at radius 3 is 2.45 bits per heavy atom. The lowest BCUT2D eigenvalue weighted by Gasteiger charge is -2.15. The number of aliphatic hydroxyl groups excluding tert-OH is 1. The molecular formula is C15H14F3NO. The molecule has 1 unspecified atom stereocenters. The molecule has 2 aromatic rings. The van der Waals surface area contributed by atoms with Gasteiger partial charge in [-0.1, -0.05) is 24.3 Å². The van der Waals surface area contributed by atoms with Gasteiger partial charge in [-0.05, 0) is 24.6 Å². The number of rotatable bonds is 4. The first kappa shape index (κ1) is 14.4. The highest BCUT2D eigenvalue weighted by Gasteiger charge is 2.15. The van der Waals surface area contributed by atoms with Gasteiger partial charge in [0.2, 0.25) is 0 Å². The number of aliphatic hydroxyl groups is 1. The van der Waals surface area contributed by atoms with Crippen LogP contribution in [0.5, 0.6) is 0 Å². The van der Waals surface area contributed by atoms with E-state index >= 15 is 0 Å². The number of benzene rings is 2. The largest absolute Gasteiger partial charge is 0.386 e. The number of hydrogen-bond acceptors (Lipinski definition) is 2. The molecule has 2 nitrogen and oxygen atoms in total. The minimum Gasteiger partial charge on any atom is -0.386 e. The molecule has 2 aromatic carbocycles. The molecular weight excluding hydrogens is 267 g/mol. The van der Waals surface area contributed by atoms with Crippen molar-refractivity contribution in [3.63, 3.8) is 0 Å². The molecule has 0 aliphatic heterocycles. The Labute approximate surface area is 114 Å². The smallest absolute Gasteiger partial charge is 0.152 e. The SMILES string of the molecule is Cc1ccc(F)c(NCC(O)c2ccccc2F)c1F. The van der Waals surface area contributed by atoms with E-state index in [9.17, 15) is 18.3 Å². The molecule has 0 fully saturated rings. The quantitative estimate of drug-likeness (QED) is 0.898. The molecule has 5 heteroatoms. The molecule has 20 heavy (non-hydrogen) atoms. The van der Waals surface area contributed by atoms with Gasteiger partial charge < -0.3 is 10.4 Å². The molecule has 0 amide bonds. The van der Waals surface area contributed by atoms with Gasteiger partial charge in [-0.3, -0.25) is 0 Å². The number of aryl methyl sites for hydroxylation is 1. The fourth-order valence-corrected chi connectivity index (χ4v) is 1.87. The fourth-order valence-electron chi connectivity index (χ4n) is 1.87. The summed E-state index contributed by atoms with van der Waals surface area (Å²) in [7, 11) is 0. The van der Waals surface area contributed by atoms with Gasteiger partial charge in [0, 0.05) is 12.1 Å². The number of anilines is 1. The molecule has 0 bridgehead atoms. The lowest BCUT2D eigenvalue weighted by Crippen LogP contribution is -2.15. The summed E-state index contributed by atoms with van der Waals surface area (Å²) in [5.74, 6) is -2.04. The maximum Gasteiger partial charge on any atom is 0.152 e. The third-order valence-electron chi connectivity index (χ3n) is 3.02.